The second-order valence-electron chi connectivity index (χ2n) is 9.68. The highest BCUT2D eigenvalue weighted by Crippen LogP contribution is 2.43. The Morgan fingerprint density at radius 2 is 1.82 bits per heavy atom. The molecule has 4 unspecified atom stereocenters. The fraction of sp³-hybridized carbons (Fsp3) is 0.480. The maximum absolute atomic E-state index is 15.0. The van der Waals surface area contributed by atoms with E-state index in [1.807, 2.05) is 0 Å². The van der Waals surface area contributed by atoms with Crippen molar-refractivity contribution in [2.24, 2.45) is 0 Å². The Labute approximate surface area is 234 Å². The normalized spacial score (nSPS) is 25.9. The van der Waals surface area contributed by atoms with E-state index in [9.17, 15) is 27.1 Å². The molecule has 0 aliphatic carbocycles. The summed E-state index contributed by atoms with van der Waals surface area (Å²) in [6, 6.07) is 7.19. The molecule has 0 spiro atoms. The summed E-state index contributed by atoms with van der Waals surface area (Å²) in [7, 11) is -3.63. The van der Waals surface area contributed by atoms with Gasteiger partial charge in [0.15, 0.2) is 17.4 Å². The number of hydrogen-bond acceptors (Lipinski definition) is 6. The Bertz CT molecular complexity index is 1260. The molecule has 5 rings (SSSR count). The molecule has 3 aliphatic rings. The van der Waals surface area contributed by atoms with Crippen molar-refractivity contribution in [1.82, 2.24) is 13.5 Å². The zero-order valence-electron chi connectivity index (χ0n) is 20.9. The Balaban J connectivity index is 1.33. The standard InChI is InChI=1S/C25H28ClF2N3O6S2/c26-17-1-3-19(4-2-17)37-23-21(27)13-20(14-22(23)28)39(35)31-18-5-6-25(31,24(32)33)16-30(15-18)38(34)12-9-29-7-10-36-11-8-29/h1-4,13-14,18H,5-12,15-16H2,(H,32,33). The first-order valence-electron chi connectivity index (χ1n) is 12.5. The minimum atomic E-state index is -2.19. The highest BCUT2D eigenvalue weighted by Gasteiger charge is 2.59. The van der Waals surface area contributed by atoms with E-state index in [1.165, 1.54) is 28.6 Å². The van der Waals surface area contributed by atoms with Crippen molar-refractivity contribution in [3.8, 4) is 11.5 Å². The number of aliphatic carboxylic acids is 1. The first kappa shape index (κ1) is 28.5. The molecule has 4 atom stereocenters. The predicted octanol–water partition coefficient (Wildman–Crippen LogP) is 3.03. The van der Waals surface area contributed by atoms with Gasteiger partial charge in [0.1, 0.15) is 22.3 Å². The summed E-state index contributed by atoms with van der Waals surface area (Å²) in [5.41, 5.74) is -1.60. The fourth-order valence-electron chi connectivity index (χ4n) is 5.24. The Hall–Kier alpha value is -2.00. The minimum absolute atomic E-state index is 0.108. The number of piperazine rings is 1. The van der Waals surface area contributed by atoms with Gasteiger partial charge in [-0.15, -0.1) is 0 Å². The number of carbonyl (C=O) groups is 1. The van der Waals surface area contributed by atoms with Crippen molar-refractivity contribution in [3.05, 3.63) is 53.1 Å². The average Bonchev–Trinajstić information content (AvgIpc) is 3.17. The van der Waals surface area contributed by atoms with Crippen molar-refractivity contribution < 1.29 is 36.6 Å². The summed E-state index contributed by atoms with van der Waals surface area (Å²) < 4.78 is 70.3. The van der Waals surface area contributed by atoms with Crippen LogP contribution in [0.3, 0.4) is 0 Å². The number of ether oxygens (including phenoxy) is 2. The molecular weight excluding hydrogens is 576 g/mol. The molecule has 3 saturated heterocycles. The lowest BCUT2D eigenvalue weighted by atomic mass is 9.98. The summed E-state index contributed by atoms with van der Waals surface area (Å²) in [5.74, 6) is -3.53. The van der Waals surface area contributed by atoms with E-state index < -0.39 is 56.9 Å². The number of nitrogens with zero attached hydrogens (tertiary/aromatic N) is 3. The van der Waals surface area contributed by atoms with E-state index in [4.69, 9.17) is 21.1 Å². The SMILES string of the molecule is O=C(O)C12CCC(CN(S(=O)CCN3CCOCC3)C1)N2S(=O)c1cc(F)c(Oc2ccc(Cl)cc2)c(F)c1. The van der Waals surface area contributed by atoms with Gasteiger partial charge in [-0.3, -0.25) is 9.69 Å². The third-order valence-electron chi connectivity index (χ3n) is 7.25. The van der Waals surface area contributed by atoms with Crippen molar-refractivity contribution in [2.45, 2.75) is 29.3 Å². The Morgan fingerprint density at radius 1 is 1.15 bits per heavy atom. The molecule has 0 saturated carbocycles. The summed E-state index contributed by atoms with van der Waals surface area (Å²) >= 11 is 5.83. The van der Waals surface area contributed by atoms with Gasteiger partial charge in [-0.1, -0.05) is 11.6 Å². The van der Waals surface area contributed by atoms with Crippen LogP contribution in [0.4, 0.5) is 8.78 Å². The van der Waals surface area contributed by atoms with Gasteiger partial charge in [0.25, 0.3) is 0 Å². The number of carboxylic acids is 1. The van der Waals surface area contributed by atoms with Crippen LogP contribution < -0.4 is 4.74 Å². The van der Waals surface area contributed by atoms with E-state index in [-0.39, 0.29) is 30.2 Å². The van der Waals surface area contributed by atoms with Crippen LogP contribution in [0.15, 0.2) is 41.3 Å². The number of carboxylic acid groups (broad SMARTS) is 1. The summed E-state index contributed by atoms with van der Waals surface area (Å²) in [6.07, 6.45) is 0.580. The maximum atomic E-state index is 15.0. The van der Waals surface area contributed by atoms with Crippen LogP contribution >= 0.6 is 11.6 Å². The van der Waals surface area contributed by atoms with Crippen LogP contribution in [0.5, 0.6) is 11.5 Å². The largest absolute Gasteiger partial charge is 0.480 e. The lowest BCUT2D eigenvalue weighted by Gasteiger charge is -2.44. The van der Waals surface area contributed by atoms with Crippen molar-refractivity contribution in [1.29, 1.82) is 0 Å². The zero-order chi connectivity index (χ0) is 27.7. The summed E-state index contributed by atoms with van der Waals surface area (Å²) in [5, 5.41) is 10.7. The first-order valence-corrected chi connectivity index (χ1v) is 15.2. The zero-order valence-corrected chi connectivity index (χ0v) is 23.3. The van der Waals surface area contributed by atoms with Gasteiger partial charge < -0.3 is 14.6 Å². The van der Waals surface area contributed by atoms with Crippen LogP contribution in [0, 0.1) is 11.6 Å². The molecule has 39 heavy (non-hydrogen) atoms. The molecule has 9 nitrogen and oxygen atoms in total. The molecule has 212 valence electrons. The highest BCUT2D eigenvalue weighted by atomic mass is 35.5. The molecule has 2 aromatic rings. The van der Waals surface area contributed by atoms with Crippen LogP contribution in [0.2, 0.25) is 5.02 Å². The number of benzene rings is 2. The molecule has 0 aromatic heterocycles. The van der Waals surface area contributed by atoms with E-state index >= 15 is 0 Å². The maximum Gasteiger partial charge on any atom is 0.326 e. The third kappa shape index (κ3) is 5.90. The molecule has 0 amide bonds. The topological polar surface area (TPSA) is 99.6 Å². The van der Waals surface area contributed by atoms with Crippen LogP contribution in [-0.4, -0.2) is 96.3 Å². The fourth-order valence-corrected chi connectivity index (χ4v) is 8.35. The number of hydrogen-bond donors (Lipinski definition) is 1. The number of rotatable bonds is 9. The van der Waals surface area contributed by atoms with Gasteiger partial charge in [-0.25, -0.2) is 21.5 Å². The van der Waals surface area contributed by atoms with Crippen molar-refractivity contribution in [3.63, 3.8) is 0 Å². The van der Waals surface area contributed by atoms with E-state index in [1.54, 1.807) is 4.31 Å². The van der Waals surface area contributed by atoms with Crippen molar-refractivity contribution >= 4 is 39.5 Å². The van der Waals surface area contributed by atoms with E-state index in [0.29, 0.717) is 37.0 Å². The molecule has 1 N–H and O–H groups in total. The Morgan fingerprint density at radius 3 is 2.46 bits per heavy atom. The van der Waals surface area contributed by atoms with E-state index in [0.717, 1.165) is 25.2 Å². The molecule has 0 radical (unpaired) electrons. The third-order valence-corrected chi connectivity index (χ3v) is 10.5. The number of morpholine rings is 1. The predicted molar refractivity (Wildman–Crippen MR) is 141 cm³/mol. The number of fused-ring (bicyclic) bond motifs is 2. The second-order valence-corrected chi connectivity index (χ2v) is 13.0. The van der Waals surface area contributed by atoms with Crippen molar-refractivity contribution in [2.75, 3.05) is 51.7 Å². The van der Waals surface area contributed by atoms with Gasteiger partial charge in [-0.2, -0.15) is 4.31 Å². The van der Waals surface area contributed by atoms with Gasteiger partial charge in [0, 0.05) is 43.8 Å². The smallest absolute Gasteiger partial charge is 0.326 e. The van der Waals surface area contributed by atoms with Gasteiger partial charge >= 0.3 is 5.97 Å². The molecule has 14 heteroatoms. The average molecular weight is 604 g/mol. The number of halogens is 3. The summed E-state index contributed by atoms with van der Waals surface area (Å²) in [6.45, 7) is 3.47. The second kappa shape index (κ2) is 11.9. The Kier molecular flexibility index (Phi) is 8.67. The molecule has 2 aromatic carbocycles. The minimum Gasteiger partial charge on any atom is -0.480 e. The van der Waals surface area contributed by atoms with Gasteiger partial charge in [-0.05, 0) is 49.2 Å². The molecular formula is C25H28ClF2N3O6S2. The molecule has 3 aliphatic heterocycles. The van der Waals surface area contributed by atoms with Gasteiger partial charge in [0.05, 0.1) is 34.8 Å². The molecule has 2 bridgehead atoms. The first-order chi connectivity index (χ1) is 18.7. The lowest BCUT2D eigenvalue weighted by Crippen LogP contribution is -2.65. The van der Waals surface area contributed by atoms with Crippen LogP contribution in [0.25, 0.3) is 0 Å². The van der Waals surface area contributed by atoms with E-state index in [2.05, 4.69) is 4.90 Å². The van der Waals surface area contributed by atoms with Gasteiger partial charge in [0.2, 0.25) is 0 Å². The van der Waals surface area contributed by atoms with Crippen LogP contribution in [-0.2, 0) is 31.5 Å². The molecule has 3 fully saturated rings. The van der Waals surface area contributed by atoms with Crippen LogP contribution in [0.1, 0.15) is 12.8 Å². The monoisotopic (exact) mass is 603 g/mol. The highest BCUT2D eigenvalue weighted by molar-refractivity contribution is 7.83. The quantitative estimate of drug-likeness (QED) is 0.470. The molecule has 3 heterocycles. The lowest BCUT2D eigenvalue weighted by molar-refractivity contribution is -0.149. The summed E-state index contributed by atoms with van der Waals surface area (Å²) in [4.78, 5) is 14.5.